The molecule has 0 aliphatic rings. The van der Waals surface area contributed by atoms with E-state index < -0.39 is 18.0 Å². The Kier molecular flexibility index (Phi) is 3.84. The lowest BCUT2D eigenvalue weighted by atomic mass is 10.2. The summed E-state index contributed by atoms with van der Waals surface area (Å²) in [5.74, 6) is -0.230. The molecule has 2 heterocycles. The van der Waals surface area contributed by atoms with Crippen molar-refractivity contribution in [3.05, 3.63) is 47.9 Å². The highest BCUT2D eigenvalue weighted by atomic mass is 16.5. The number of H-pyrrole nitrogens is 1. The average Bonchev–Trinajstić information content (AvgIpc) is 3.13. The zero-order valence-corrected chi connectivity index (χ0v) is 12.6. The molecule has 2 N–H and O–H groups in total. The molecule has 3 rings (SSSR count). The number of aromatic amines is 1. The predicted octanol–water partition coefficient (Wildman–Crippen LogP) is 2.65. The lowest BCUT2D eigenvalue weighted by Crippen LogP contribution is -2.30. The van der Waals surface area contributed by atoms with E-state index in [1.54, 1.807) is 19.1 Å². The molecule has 0 aliphatic heterocycles. The van der Waals surface area contributed by atoms with Gasteiger partial charge in [0.05, 0.1) is 0 Å². The standard InChI is InChI=1S/C16H15N3O4/c1-9-7-14(19-23-9)18-15(20)10(2)22-16(21)13-8-11-5-3-4-6-12(11)17-13/h3-8,10,17H,1-2H3,(H,18,19,20)/t10-/m1/s1. The number of nitrogens with one attached hydrogen (secondary N) is 2. The van der Waals surface area contributed by atoms with E-state index in [4.69, 9.17) is 9.26 Å². The number of carbonyl (C=O) groups excluding carboxylic acids is 2. The van der Waals surface area contributed by atoms with Crippen LogP contribution in [0, 0.1) is 6.92 Å². The Morgan fingerprint density at radius 1 is 1.30 bits per heavy atom. The molecule has 1 amide bonds. The zero-order chi connectivity index (χ0) is 16.4. The summed E-state index contributed by atoms with van der Waals surface area (Å²) in [6.45, 7) is 3.20. The van der Waals surface area contributed by atoms with E-state index in [2.05, 4.69) is 15.5 Å². The quantitative estimate of drug-likeness (QED) is 0.722. The van der Waals surface area contributed by atoms with Crippen molar-refractivity contribution < 1.29 is 18.8 Å². The Labute approximate surface area is 131 Å². The van der Waals surface area contributed by atoms with Gasteiger partial charge in [0.15, 0.2) is 11.9 Å². The molecule has 3 aromatic rings. The molecule has 0 radical (unpaired) electrons. The maximum atomic E-state index is 12.1. The first-order valence-electron chi connectivity index (χ1n) is 7.06. The minimum atomic E-state index is -0.967. The predicted molar refractivity (Wildman–Crippen MR) is 83.0 cm³/mol. The van der Waals surface area contributed by atoms with Gasteiger partial charge in [0.25, 0.3) is 5.91 Å². The molecule has 0 unspecified atom stereocenters. The summed E-state index contributed by atoms with van der Waals surface area (Å²) in [5, 5.41) is 7.06. The number of aromatic nitrogens is 2. The van der Waals surface area contributed by atoms with Gasteiger partial charge in [0, 0.05) is 17.0 Å². The van der Waals surface area contributed by atoms with Crippen molar-refractivity contribution in [2.45, 2.75) is 20.0 Å². The molecule has 0 saturated carbocycles. The number of fused-ring (bicyclic) bond motifs is 1. The van der Waals surface area contributed by atoms with Gasteiger partial charge < -0.3 is 19.6 Å². The Hall–Kier alpha value is -3.09. The lowest BCUT2D eigenvalue weighted by Gasteiger charge is -2.11. The summed E-state index contributed by atoms with van der Waals surface area (Å²) in [7, 11) is 0. The molecule has 0 bridgehead atoms. The van der Waals surface area contributed by atoms with Crippen molar-refractivity contribution in [1.29, 1.82) is 0 Å². The number of benzene rings is 1. The van der Waals surface area contributed by atoms with E-state index in [0.717, 1.165) is 10.9 Å². The minimum absolute atomic E-state index is 0.279. The maximum Gasteiger partial charge on any atom is 0.355 e. The second-order valence-electron chi connectivity index (χ2n) is 5.13. The van der Waals surface area contributed by atoms with E-state index in [0.29, 0.717) is 11.5 Å². The van der Waals surface area contributed by atoms with Gasteiger partial charge in [-0.25, -0.2) is 4.79 Å². The first-order chi connectivity index (χ1) is 11.0. The van der Waals surface area contributed by atoms with Crippen LogP contribution in [0.1, 0.15) is 23.2 Å². The fourth-order valence-corrected chi connectivity index (χ4v) is 2.11. The number of para-hydroxylation sites is 1. The second-order valence-corrected chi connectivity index (χ2v) is 5.13. The largest absolute Gasteiger partial charge is 0.448 e. The van der Waals surface area contributed by atoms with Gasteiger partial charge in [-0.3, -0.25) is 4.79 Å². The molecule has 1 atom stereocenters. The summed E-state index contributed by atoms with van der Waals surface area (Å²) >= 11 is 0. The number of esters is 1. The molecular weight excluding hydrogens is 298 g/mol. The first kappa shape index (κ1) is 14.8. The SMILES string of the molecule is Cc1cc(NC(=O)[C@@H](C)OC(=O)c2cc3ccccc3[nH]2)no1. The number of ether oxygens (including phenoxy) is 1. The highest BCUT2D eigenvalue weighted by Gasteiger charge is 2.21. The molecular formula is C16H15N3O4. The van der Waals surface area contributed by atoms with Crippen LogP contribution < -0.4 is 5.32 Å². The molecule has 1 aromatic carbocycles. The minimum Gasteiger partial charge on any atom is -0.448 e. The molecule has 0 saturated heterocycles. The molecule has 0 aliphatic carbocycles. The summed E-state index contributed by atoms with van der Waals surface area (Å²) < 4.78 is 10.0. The molecule has 0 spiro atoms. The third-order valence-corrected chi connectivity index (χ3v) is 3.28. The van der Waals surface area contributed by atoms with Crippen LogP contribution in [0.2, 0.25) is 0 Å². The van der Waals surface area contributed by atoms with Crippen LogP contribution in [0.5, 0.6) is 0 Å². The van der Waals surface area contributed by atoms with Crippen molar-refractivity contribution in [2.24, 2.45) is 0 Å². The third-order valence-electron chi connectivity index (χ3n) is 3.28. The summed E-state index contributed by atoms with van der Waals surface area (Å²) in [6, 6.07) is 10.7. The smallest absolute Gasteiger partial charge is 0.355 e. The van der Waals surface area contributed by atoms with Crippen molar-refractivity contribution in [2.75, 3.05) is 5.32 Å². The summed E-state index contributed by atoms with van der Waals surface area (Å²) in [4.78, 5) is 27.1. The number of anilines is 1. The van der Waals surface area contributed by atoms with E-state index in [1.807, 2.05) is 24.3 Å². The fraction of sp³-hybridized carbons (Fsp3) is 0.188. The number of nitrogens with zero attached hydrogens (tertiary/aromatic N) is 1. The first-order valence-corrected chi connectivity index (χ1v) is 7.06. The third kappa shape index (κ3) is 3.23. The molecule has 7 heteroatoms. The summed E-state index contributed by atoms with van der Waals surface area (Å²) in [6.07, 6.45) is -0.967. The highest BCUT2D eigenvalue weighted by Crippen LogP contribution is 2.16. The Bertz CT molecular complexity index is 832. The van der Waals surface area contributed by atoms with Crippen LogP contribution in [-0.2, 0) is 9.53 Å². The zero-order valence-electron chi connectivity index (χ0n) is 12.6. The molecule has 118 valence electrons. The van der Waals surface area contributed by atoms with Gasteiger partial charge in [0.1, 0.15) is 11.5 Å². The topological polar surface area (TPSA) is 97.2 Å². The Balaban J connectivity index is 1.65. The summed E-state index contributed by atoms with van der Waals surface area (Å²) in [5.41, 5.74) is 1.12. The van der Waals surface area contributed by atoms with Crippen molar-refractivity contribution in [3.63, 3.8) is 0 Å². The van der Waals surface area contributed by atoms with Gasteiger partial charge in [-0.1, -0.05) is 23.4 Å². The van der Waals surface area contributed by atoms with Crippen molar-refractivity contribution in [1.82, 2.24) is 10.1 Å². The van der Waals surface area contributed by atoms with E-state index >= 15 is 0 Å². The molecule has 2 aromatic heterocycles. The Morgan fingerprint density at radius 3 is 2.78 bits per heavy atom. The fourth-order valence-electron chi connectivity index (χ4n) is 2.11. The van der Waals surface area contributed by atoms with Gasteiger partial charge in [0.2, 0.25) is 0 Å². The van der Waals surface area contributed by atoms with E-state index in [-0.39, 0.29) is 5.82 Å². The second kappa shape index (κ2) is 5.96. The van der Waals surface area contributed by atoms with Gasteiger partial charge in [-0.15, -0.1) is 0 Å². The number of aryl methyl sites for hydroxylation is 1. The van der Waals surface area contributed by atoms with Crippen LogP contribution in [0.4, 0.5) is 5.82 Å². The molecule has 7 nitrogen and oxygen atoms in total. The number of rotatable bonds is 4. The number of carbonyl (C=O) groups is 2. The van der Waals surface area contributed by atoms with Crippen LogP contribution >= 0.6 is 0 Å². The van der Waals surface area contributed by atoms with Gasteiger partial charge in [-0.05, 0) is 26.0 Å². The van der Waals surface area contributed by atoms with Gasteiger partial charge in [-0.2, -0.15) is 0 Å². The maximum absolute atomic E-state index is 12.1. The van der Waals surface area contributed by atoms with Crippen LogP contribution in [0.15, 0.2) is 40.9 Å². The number of amides is 1. The highest BCUT2D eigenvalue weighted by molar-refractivity contribution is 5.98. The van der Waals surface area contributed by atoms with Crippen LogP contribution in [0.3, 0.4) is 0 Å². The van der Waals surface area contributed by atoms with Gasteiger partial charge >= 0.3 is 5.97 Å². The average molecular weight is 313 g/mol. The number of hydrogen-bond donors (Lipinski definition) is 2. The van der Waals surface area contributed by atoms with Crippen LogP contribution in [0.25, 0.3) is 10.9 Å². The normalized spacial score (nSPS) is 12.1. The van der Waals surface area contributed by atoms with Crippen molar-refractivity contribution >= 4 is 28.6 Å². The molecule has 0 fully saturated rings. The number of hydrogen-bond acceptors (Lipinski definition) is 5. The van der Waals surface area contributed by atoms with E-state index in [9.17, 15) is 9.59 Å². The van der Waals surface area contributed by atoms with E-state index in [1.165, 1.54) is 6.92 Å². The lowest BCUT2D eigenvalue weighted by molar-refractivity contribution is -0.123. The Morgan fingerprint density at radius 2 is 2.09 bits per heavy atom. The molecule has 23 heavy (non-hydrogen) atoms. The van der Waals surface area contributed by atoms with Crippen molar-refractivity contribution in [3.8, 4) is 0 Å². The monoisotopic (exact) mass is 313 g/mol. The van der Waals surface area contributed by atoms with Crippen LogP contribution in [-0.4, -0.2) is 28.1 Å².